The van der Waals surface area contributed by atoms with Crippen molar-refractivity contribution in [2.45, 2.75) is 17.9 Å². The Morgan fingerprint density at radius 2 is 1.96 bits per heavy atom. The second kappa shape index (κ2) is 7.84. The van der Waals surface area contributed by atoms with Gasteiger partial charge in [-0.25, -0.2) is 4.98 Å². The number of non-ortho nitro benzene ring substituents is 1. The van der Waals surface area contributed by atoms with E-state index in [-0.39, 0.29) is 23.4 Å². The van der Waals surface area contributed by atoms with E-state index < -0.39 is 4.92 Å². The number of nitrogens with zero attached hydrogens (tertiary/aromatic N) is 3. The fourth-order valence-electron chi connectivity index (χ4n) is 2.36. The van der Waals surface area contributed by atoms with Crippen molar-refractivity contribution < 1.29 is 9.72 Å². The van der Waals surface area contributed by atoms with Crippen LogP contribution >= 0.6 is 23.1 Å². The molecule has 134 valence electrons. The molecule has 0 saturated heterocycles. The summed E-state index contributed by atoms with van der Waals surface area (Å²) in [6.45, 7) is 1.96. The van der Waals surface area contributed by atoms with E-state index >= 15 is 0 Å². The van der Waals surface area contributed by atoms with E-state index in [0.717, 1.165) is 20.1 Å². The molecule has 26 heavy (non-hydrogen) atoms. The van der Waals surface area contributed by atoms with Crippen molar-refractivity contribution >= 4 is 44.9 Å². The van der Waals surface area contributed by atoms with Gasteiger partial charge in [0.05, 0.1) is 26.9 Å². The molecule has 1 amide bonds. The van der Waals surface area contributed by atoms with Gasteiger partial charge in [-0.05, 0) is 31.2 Å². The maximum atomic E-state index is 12.5. The first-order valence-corrected chi connectivity index (χ1v) is 9.74. The molecule has 0 fully saturated rings. The summed E-state index contributed by atoms with van der Waals surface area (Å²) in [6.07, 6.45) is 0. The van der Waals surface area contributed by atoms with E-state index in [9.17, 15) is 14.9 Å². The van der Waals surface area contributed by atoms with Crippen molar-refractivity contribution in [3.05, 3.63) is 63.7 Å². The smallest absolute Gasteiger partial charge is 0.269 e. The van der Waals surface area contributed by atoms with Gasteiger partial charge in [-0.15, -0.1) is 23.1 Å². The number of hydrogen-bond acceptors (Lipinski definition) is 6. The molecular formula is C18H17N3O3S2. The summed E-state index contributed by atoms with van der Waals surface area (Å²) in [4.78, 5) is 29.9. The first-order chi connectivity index (χ1) is 12.5. The van der Waals surface area contributed by atoms with Crippen LogP contribution in [-0.4, -0.2) is 33.5 Å². The Morgan fingerprint density at radius 3 is 2.62 bits per heavy atom. The zero-order valence-corrected chi connectivity index (χ0v) is 15.9. The van der Waals surface area contributed by atoms with Crippen molar-refractivity contribution in [2.75, 3.05) is 12.8 Å². The van der Waals surface area contributed by atoms with Gasteiger partial charge in [0.2, 0.25) is 5.91 Å². The minimum Gasteiger partial charge on any atom is -0.336 e. The van der Waals surface area contributed by atoms with Gasteiger partial charge in [0, 0.05) is 24.1 Å². The highest BCUT2D eigenvalue weighted by atomic mass is 32.2. The number of carbonyl (C=O) groups is 1. The van der Waals surface area contributed by atoms with Crippen LogP contribution in [0.2, 0.25) is 0 Å². The Kier molecular flexibility index (Phi) is 5.53. The largest absolute Gasteiger partial charge is 0.336 e. The van der Waals surface area contributed by atoms with Crippen LogP contribution < -0.4 is 0 Å². The SMILES string of the molecule is C[C@H](c1nc2ccccc2s1)N(C)C(=O)CSc1ccc([N+](=O)[O-])cc1. The molecule has 0 bridgehead atoms. The van der Waals surface area contributed by atoms with Crippen LogP contribution in [0.3, 0.4) is 0 Å². The molecular weight excluding hydrogens is 370 g/mol. The lowest BCUT2D eigenvalue weighted by Gasteiger charge is -2.23. The zero-order chi connectivity index (χ0) is 18.7. The van der Waals surface area contributed by atoms with Gasteiger partial charge in [0.25, 0.3) is 5.69 Å². The van der Waals surface area contributed by atoms with Gasteiger partial charge in [0.1, 0.15) is 5.01 Å². The molecule has 3 aromatic rings. The molecule has 1 atom stereocenters. The number of nitro groups is 1. The maximum absolute atomic E-state index is 12.5. The highest BCUT2D eigenvalue weighted by Crippen LogP contribution is 2.29. The molecule has 0 aliphatic rings. The molecule has 6 nitrogen and oxygen atoms in total. The minimum absolute atomic E-state index is 0.0138. The molecule has 0 aliphatic heterocycles. The second-order valence-electron chi connectivity index (χ2n) is 5.74. The Hall–Kier alpha value is -2.45. The highest BCUT2D eigenvalue weighted by molar-refractivity contribution is 8.00. The van der Waals surface area contributed by atoms with Crippen LogP contribution in [0.1, 0.15) is 18.0 Å². The number of hydrogen-bond donors (Lipinski definition) is 0. The van der Waals surface area contributed by atoms with E-state index in [4.69, 9.17) is 0 Å². The minimum atomic E-state index is -0.437. The molecule has 8 heteroatoms. The second-order valence-corrected chi connectivity index (χ2v) is 7.85. The molecule has 2 aromatic carbocycles. The van der Waals surface area contributed by atoms with Gasteiger partial charge in [-0.1, -0.05) is 12.1 Å². The number of fused-ring (bicyclic) bond motifs is 1. The molecule has 0 N–H and O–H groups in total. The van der Waals surface area contributed by atoms with Gasteiger partial charge < -0.3 is 4.90 Å². The third kappa shape index (κ3) is 4.03. The molecule has 1 aromatic heterocycles. The summed E-state index contributed by atoms with van der Waals surface area (Å²) >= 11 is 2.96. The number of aromatic nitrogens is 1. The standard InChI is InChI=1S/C18H17N3O3S2/c1-12(18-19-15-5-3-4-6-16(15)26-18)20(2)17(22)11-25-14-9-7-13(8-10-14)21(23)24/h3-10,12H,11H2,1-2H3/t12-/m1/s1. The Labute approximate surface area is 159 Å². The van der Waals surface area contributed by atoms with E-state index in [2.05, 4.69) is 4.98 Å². The van der Waals surface area contributed by atoms with Crippen LogP contribution in [0.5, 0.6) is 0 Å². The van der Waals surface area contributed by atoms with E-state index in [0.29, 0.717) is 0 Å². The average Bonchev–Trinajstić information content (AvgIpc) is 3.09. The van der Waals surface area contributed by atoms with Gasteiger partial charge in [0.15, 0.2) is 0 Å². The van der Waals surface area contributed by atoms with Crippen molar-refractivity contribution in [1.29, 1.82) is 0 Å². The first kappa shape index (κ1) is 18.3. The number of thiazole rings is 1. The number of nitro benzene ring substituents is 1. The Morgan fingerprint density at radius 1 is 1.27 bits per heavy atom. The quantitative estimate of drug-likeness (QED) is 0.353. The van der Waals surface area contributed by atoms with Crippen LogP contribution in [0, 0.1) is 10.1 Å². The fourth-order valence-corrected chi connectivity index (χ4v) is 4.25. The van der Waals surface area contributed by atoms with Crippen LogP contribution in [0.4, 0.5) is 5.69 Å². The van der Waals surface area contributed by atoms with Gasteiger partial charge in [-0.3, -0.25) is 14.9 Å². The summed E-state index contributed by atoms with van der Waals surface area (Å²) in [5.41, 5.74) is 0.989. The third-order valence-electron chi connectivity index (χ3n) is 4.05. The van der Waals surface area contributed by atoms with Crippen molar-refractivity contribution in [1.82, 2.24) is 9.88 Å². The summed E-state index contributed by atoms with van der Waals surface area (Å²) in [6, 6.07) is 14.0. The Balaban J connectivity index is 1.62. The van der Waals surface area contributed by atoms with Crippen LogP contribution in [0.15, 0.2) is 53.4 Å². The normalized spacial score (nSPS) is 12.1. The first-order valence-electron chi connectivity index (χ1n) is 7.94. The summed E-state index contributed by atoms with van der Waals surface area (Å²) < 4.78 is 1.11. The van der Waals surface area contributed by atoms with E-state index in [1.807, 2.05) is 31.2 Å². The predicted molar refractivity (Wildman–Crippen MR) is 105 cm³/mol. The summed E-state index contributed by atoms with van der Waals surface area (Å²) in [5, 5.41) is 11.6. The topological polar surface area (TPSA) is 76.3 Å². The van der Waals surface area contributed by atoms with Crippen molar-refractivity contribution in [3.63, 3.8) is 0 Å². The summed E-state index contributed by atoms with van der Waals surface area (Å²) in [5.74, 6) is 0.254. The van der Waals surface area contributed by atoms with Crippen molar-refractivity contribution in [3.8, 4) is 0 Å². The lowest BCUT2D eigenvalue weighted by Crippen LogP contribution is -2.31. The molecule has 0 unspecified atom stereocenters. The number of carbonyl (C=O) groups excluding carboxylic acids is 1. The van der Waals surface area contributed by atoms with E-state index in [1.54, 1.807) is 35.4 Å². The molecule has 0 spiro atoms. The summed E-state index contributed by atoms with van der Waals surface area (Å²) in [7, 11) is 1.77. The number of amides is 1. The van der Waals surface area contributed by atoms with Crippen LogP contribution in [0.25, 0.3) is 10.2 Å². The predicted octanol–water partition coefficient (Wildman–Crippen LogP) is 4.52. The number of thioether (sulfide) groups is 1. The molecule has 1 heterocycles. The lowest BCUT2D eigenvalue weighted by atomic mass is 10.3. The lowest BCUT2D eigenvalue weighted by molar-refractivity contribution is -0.384. The third-order valence-corrected chi connectivity index (χ3v) is 6.26. The van der Waals surface area contributed by atoms with Gasteiger partial charge in [-0.2, -0.15) is 0 Å². The maximum Gasteiger partial charge on any atom is 0.269 e. The monoisotopic (exact) mass is 387 g/mol. The fraction of sp³-hybridized carbons (Fsp3) is 0.222. The molecule has 3 rings (SSSR count). The average molecular weight is 387 g/mol. The number of rotatable bonds is 6. The highest BCUT2D eigenvalue weighted by Gasteiger charge is 2.20. The number of para-hydroxylation sites is 1. The van der Waals surface area contributed by atoms with E-state index in [1.165, 1.54) is 23.9 Å². The zero-order valence-electron chi connectivity index (χ0n) is 14.3. The van der Waals surface area contributed by atoms with Crippen molar-refractivity contribution in [2.24, 2.45) is 0 Å². The molecule has 0 aliphatic carbocycles. The van der Waals surface area contributed by atoms with Crippen LogP contribution in [-0.2, 0) is 4.79 Å². The molecule has 0 saturated carbocycles. The molecule has 0 radical (unpaired) electrons. The van der Waals surface area contributed by atoms with Gasteiger partial charge >= 0.3 is 0 Å². The number of benzene rings is 2. The Bertz CT molecular complexity index is 907.